The highest BCUT2D eigenvalue weighted by Crippen LogP contribution is 2.22. The molecule has 4 nitrogen and oxygen atoms in total. The van der Waals surface area contributed by atoms with Crippen LogP contribution in [-0.4, -0.2) is 21.7 Å². The molecular formula is C13H13BrN2O2. The largest absolute Gasteiger partial charge is 0.439 e. The van der Waals surface area contributed by atoms with E-state index in [4.69, 9.17) is 9.84 Å². The molecule has 0 spiro atoms. The van der Waals surface area contributed by atoms with Gasteiger partial charge >= 0.3 is 0 Å². The number of rotatable bonds is 4. The first-order valence-electron chi connectivity index (χ1n) is 5.56. The van der Waals surface area contributed by atoms with Gasteiger partial charge in [-0.05, 0) is 47.0 Å². The zero-order valence-corrected chi connectivity index (χ0v) is 11.5. The summed E-state index contributed by atoms with van der Waals surface area (Å²) >= 11 is 3.30. The minimum Gasteiger partial charge on any atom is -0.439 e. The molecule has 0 saturated carbocycles. The van der Waals surface area contributed by atoms with Crippen LogP contribution in [0.1, 0.15) is 11.4 Å². The molecule has 2 rings (SSSR count). The third-order valence-corrected chi connectivity index (χ3v) is 2.74. The van der Waals surface area contributed by atoms with Crippen LogP contribution in [0.5, 0.6) is 11.6 Å². The molecule has 0 aliphatic rings. The lowest BCUT2D eigenvalue weighted by molar-refractivity contribution is 0.299. The highest BCUT2D eigenvalue weighted by Gasteiger charge is 2.02. The number of halogens is 1. The Kier molecular flexibility index (Phi) is 4.28. The van der Waals surface area contributed by atoms with Gasteiger partial charge in [0.05, 0.1) is 0 Å². The van der Waals surface area contributed by atoms with E-state index >= 15 is 0 Å². The number of aliphatic hydroxyl groups excluding tert-OH is 1. The molecule has 1 aromatic carbocycles. The lowest BCUT2D eigenvalue weighted by Gasteiger charge is -2.06. The summed E-state index contributed by atoms with van der Waals surface area (Å²) in [7, 11) is 0. The Labute approximate surface area is 114 Å². The molecule has 0 radical (unpaired) electrons. The van der Waals surface area contributed by atoms with Gasteiger partial charge < -0.3 is 9.84 Å². The zero-order chi connectivity index (χ0) is 13.0. The van der Waals surface area contributed by atoms with Gasteiger partial charge in [-0.15, -0.1) is 0 Å². The Morgan fingerprint density at radius 3 is 2.56 bits per heavy atom. The smallest absolute Gasteiger partial charge is 0.223 e. The standard InChI is InChI=1S/C13H13BrN2O2/c1-9-15-12(14)8-13(16-9)18-11-4-2-10(3-5-11)6-7-17/h2-5,8,17H,6-7H2,1H3. The van der Waals surface area contributed by atoms with Gasteiger partial charge in [0.25, 0.3) is 0 Å². The number of ether oxygens (including phenoxy) is 1. The molecule has 0 fully saturated rings. The lowest BCUT2D eigenvalue weighted by atomic mass is 10.1. The fraction of sp³-hybridized carbons (Fsp3) is 0.231. The first-order chi connectivity index (χ1) is 8.67. The summed E-state index contributed by atoms with van der Waals surface area (Å²) in [6, 6.07) is 9.28. The van der Waals surface area contributed by atoms with Gasteiger partial charge in [-0.3, -0.25) is 0 Å². The monoisotopic (exact) mass is 308 g/mol. The Bertz CT molecular complexity index is 509. The van der Waals surface area contributed by atoms with Crippen LogP contribution in [-0.2, 0) is 6.42 Å². The first kappa shape index (κ1) is 13.0. The van der Waals surface area contributed by atoms with E-state index in [1.165, 1.54) is 0 Å². The predicted octanol–water partition coefficient (Wildman–Crippen LogP) is 2.87. The maximum absolute atomic E-state index is 8.83. The maximum Gasteiger partial charge on any atom is 0.223 e. The number of aryl methyl sites for hydroxylation is 1. The number of nitrogens with zero attached hydrogens (tertiary/aromatic N) is 2. The van der Waals surface area contributed by atoms with Gasteiger partial charge in [-0.1, -0.05) is 12.1 Å². The van der Waals surface area contributed by atoms with Crippen molar-refractivity contribution >= 4 is 15.9 Å². The van der Waals surface area contributed by atoms with E-state index in [2.05, 4.69) is 25.9 Å². The Hall–Kier alpha value is -1.46. The average Bonchev–Trinajstić information content (AvgIpc) is 2.31. The van der Waals surface area contributed by atoms with E-state index < -0.39 is 0 Å². The molecule has 1 heterocycles. The molecule has 0 atom stereocenters. The van der Waals surface area contributed by atoms with Crippen molar-refractivity contribution in [3.8, 4) is 11.6 Å². The SMILES string of the molecule is Cc1nc(Br)cc(Oc2ccc(CCO)cc2)n1. The fourth-order valence-electron chi connectivity index (χ4n) is 1.53. The molecule has 2 aromatic rings. The molecule has 0 saturated heterocycles. The predicted molar refractivity (Wildman–Crippen MR) is 71.8 cm³/mol. The first-order valence-corrected chi connectivity index (χ1v) is 6.35. The van der Waals surface area contributed by atoms with Crippen LogP contribution in [0.2, 0.25) is 0 Å². The lowest BCUT2D eigenvalue weighted by Crippen LogP contribution is -1.94. The van der Waals surface area contributed by atoms with Gasteiger partial charge in [-0.25, -0.2) is 4.98 Å². The van der Waals surface area contributed by atoms with E-state index in [-0.39, 0.29) is 6.61 Å². The summed E-state index contributed by atoms with van der Waals surface area (Å²) in [4.78, 5) is 8.30. The van der Waals surface area contributed by atoms with Gasteiger partial charge in [0, 0.05) is 12.7 Å². The summed E-state index contributed by atoms with van der Waals surface area (Å²) in [5, 5.41) is 8.83. The molecule has 94 valence electrons. The van der Waals surface area contributed by atoms with Gasteiger partial charge in [0.1, 0.15) is 16.2 Å². The van der Waals surface area contributed by atoms with Crippen LogP contribution >= 0.6 is 15.9 Å². The van der Waals surface area contributed by atoms with Crippen molar-refractivity contribution in [3.63, 3.8) is 0 Å². The van der Waals surface area contributed by atoms with Crippen molar-refractivity contribution in [1.29, 1.82) is 0 Å². The molecule has 0 aliphatic carbocycles. The van der Waals surface area contributed by atoms with E-state index in [1.54, 1.807) is 6.07 Å². The van der Waals surface area contributed by atoms with Crippen molar-refractivity contribution in [1.82, 2.24) is 9.97 Å². The Balaban J connectivity index is 2.13. The number of aromatic nitrogens is 2. The Morgan fingerprint density at radius 2 is 1.94 bits per heavy atom. The minimum absolute atomic E-state index is 0.151. The number of aliphatic hydroxyl groups is 1. The summed E-state index contributed by atoms with van der Waals surface area (Å²) in [6.07, 6.45) is 0.651. The van der Waals surface area contributed by atoms with E-state index in [1.807, 2.05) is 31.2 Å². The van der Waals surface area contributed by atoms with Crippen molar-refractivity contribution in [2.45, 2.75) is 13.3 Å². The van der Waals surface area contributed by atoms with Gasteiger partial charge in [0.15, 0.2) is 0 Å². The molecule has 18 heavy (non-hydrogen) atoms. The topological polar surface area (TPSA) is 55.2 Å². The summed E-state index contributed by atoms with van der Waals surface area (Å²) in [5.41, 5.74) is 1.07. The second kappa shape index (κ2) is 5.93. The van der Waals surface area contributed by atoms with Crippen LogP contribution in [0.4, 0.5) is 0 Å². The van der Waals surface area contributed by atoms with Crippen LogP contribution in [0.15, 0.2) is 34.9 Å². The van der Waals surface area contributed by atoms with Crippen LogP contribution in [0.3, 0.4) is 0 Å². The molecule has 0 aliphatic heterocycles. The minimum atomic E-state index is 0.151. The van der Waals surface area contributed by atoms with Crippen LogP contribution in [0, 0.1) is 6.92 Å². The molecule has 5 heteroatoms. The molecule has 1 aromatic heterocycles. The highest BCUT2D eigenvalue weighted by atomic mass is 79.9. The third kappa shape index (κ3) is 3.51. The summed E-state index contributed by atoms with van der Waals surface area (Å²) in [5.74, 6) is 1.86. The zero-order valence-electron chi connectivity index (χ0n) is 9.93. The average molecular weight is 309 g/mol. The van der Waals surface area contributed by atoms with Crippen molar-refractivity contribution < 1.29 is 9.84 Å². The third-order valence-electron chi connectivity index (χ3n) is 2.33. The van der Waals surface area contributed by atoms with Gasteiger partial charge in [-0.2, -0.15) is 4.98 Å². The quantitative estimate of drug-likeness (QED) is 0.882. The molecular weight excluding hydrogens is 296 g/mol. The van der Waals surface area contributed by atoms with E-state index in [0.717, 1.165) is 5.56 Å². The number of benzene rings is 1. The van der Waals surface area contributed by atoms with Crippen LogP contribution in [0.25, 0.3) is 0 Å². The molecule has 1 N–H and O–H groups in total. The van der Waals surface area contributed by atoms with E-state index in [9.17, 15) is 0 Å². The van der Waals surface area contributed by atoms with Gasteiger partial charge in [0.2, 0.25) is 5.88 Å². The second-order valence-electron chi connectivity index (χ2n) is 3.80. The molecule has 0 bridgehead atoms. The highest BCUT2D eigenvalue weighted by molar-refractivity contribution is 9.10. The molecule has 0 unspecified atom stereocenters. The van der Waals surface area contributed by atoms with Crippen molar-refractivity contribution in [2.75, 3.05) is 6.61 Å². The molecule has 0 amide bonds. The van der Waals surface area contributed by atoms with Crippen molar-refractivity contribution in [3.05, 3.63) is 46.3 Å². The maximum atomic E-state index is 8.83. The summed E-state index contributed by atoms with van der Waals surface area (Å²) in [6.45, 7) is 1.96. The fourth-order valence-corrected chi connectivity index (χ4v) is 1.98. The van der Waals surface area contributed by atoms with E-state index in [0.29, 0.717) is 28.5 Å². The number of hydrogen-bond acceptors (Lipinski definition) is 4. The van der Waals surface area contributed by atoms with Crippen LogP contribution < -0.4 is 4.74 Å². The van der Waals surface area contributed by atoms with Crippen molar-refractivity contribution in [2.24, 2.45) is 0 Å². The summed E-state index contributed by atoms with van der Waals surface area (Å²) < 4.78 is 6.33. The second-order valence-corrected chi connectivity index (χ2v) is 4.61. The Morgan fingerprint density at radius 1 is 1.22 bits per heavy atom. The number of hydrogen-bond donors (Lipinski definition) is 1. The normalized spacial score (nSPS) is 10.4.